The fraction of sp³-hybridized carbons (Fsp3) is 0.250. The lowest BCUT2D eigenvalue weighted by Crippen LogP contribution is -2.30. The molecule has 1 aromatic heterocycles. The van der Waals surface area contributed by atoms with Crippen LogP contribution in [0.5, 0.6) is 0 Å². The van der Waals surface area contributed by atoms with Gasteiger partial charge in [0.25, 0.3) is 5.91 Å². The van der Waals surface area contributed by atoms with E-state index in [-0.39, 0.29) is 11.6 Å². The van der Waals surface area contributed by atoms with E-state index < -0.39 is 5.91 Å². The van der Waals surface area contributed by atoms with Gasteiger partial charge in [-0.25, -0.2) is 0 Å². The lowest BCUT2D eigenvalue weighted by atomic mass is 10.0. The number of hydrogen-bond acceptors (Lipinski definition) is 5. The Hall–Kier alpha value is -2.94. The number of aromatic nitrogens is 2. The molecule has 1 fully saturated rings. The molecule has 1 amide bonds. The van der Waals surface area contributed by atoms with E-state index in [1.54, 1.807) is 0 Å². The molecule has 1 aromatic carbocycles. The highest BCUT2D eigenvalue weighted by Gasteiger charge is 2.33. The number of amides is 1. The van der Waals surface area contributed by atoms with E-state index in [1.807, 2.05) is 36.4 Å². The molecule has 1 aliphatic rings. The number of nitrogens with zero attached hydrogens (tertiary/aromatic N) is 3. The predicted molar refractivity (Wildman–Crippen MR) is 77.9 cm³/mol. The highest BCUT2D eigenvalue weighted by atomic mass is 16.5. The Labute approximate surface area is 127 Å². The number of carbonyl (C=O) groups is 1. The van der Waals surface area contributed by atoms with Crippen LogP contribution in [0.25, 0.3) is 6.08 Å². The molecular weight excluding hydrogens is 280 g/mol. The molecule has 6 heteroatoms. The summed E-state index contributed by atoms with van der Waals surface area (Å²) in [4.78, 5) is 12.3. The lowest BCUT2D eigenvalue weighted by Gasteiger charge is -2.18. The summed E-state index contributed by atoms with van der Waals surface area (Å²) in [6.07, 6.45) is 4.80. The molecule has 0 spiro atoms. The summed E-state index contributed by atoms with van der Waals surface area (Å²) in [6.45, 7) is 0. The maximum Gasteiger partial charge on any atom is 0.262 e. The minimum atomic E-state index is -0.411. The third-order valence-electron chi connectivity index (χ3n) is 3.57. The Morgan fingerprint density at radius 2 is 2.18 bits per heavy atom. The number of benzene rings is 1. The average molecular weight is 294 g/mol. The SMILES string of the molecule is N#C/C(=C\c1conn1)C(=O)NC(c1ccccc1)C1CC1. The van der Waals surface area contributed by atoms with Gasteiger partial charge in [-0.2, -0.15) is 5.26 Å². The molecule has 1 unspecified atom stereocenters. The zero-order chi connectivity index (χ0) is 15.4. The van der Waals surface area contributed by atoms with Crippen LogP contribution in [-0.2, 0) is 4.79 Å². The normalized spacial score (nSPS) is 15.9. The van der Waals surface area contributed by atoms with Crippen LogP contribution in [0.1, 0.15) is 30.1 Å². The molecule has 3 rings (SSSR count). The van der Waals surface area contributed by atoms with Gasteiger partial charge in [-0.3, -0.25) is 4.79 Å². The van der Waals surface area contributed by atoms with E-state index in [4.69, 9.17) is 0 Å². The molecule has 110 valence electrons. The molecule has 0 bridgehead atoms. The minimum absolute atomic E-state index is 0.0164. The van der Waals surface area contributed by atoms with Crippen LogP contribution in [0.2, 0.25) is 0 Å². The summed E-state index contributed by atoms with van der Waals surface area (Å²) >= 11 is 0. The van der Waals surface area contributed by atoms with Crippen molar-refractivity contribution in [2.75, 3.05) is 0 Å². The molecule has 0 saturated heterocycles. The van der Waals surface area contributed by atoms with E-state index in [1.165, 1.54) is 12.3 Å². The highest BCUT2D eigenvalue weighted by molar-refractivity contribution is 6.01. The molecule has 6 nitrogen and oxygen atoms in total. The Bertz CT molecular complexity index is 712. The van der Waals surface area contributed by atoms with Crippen molar-refractivity contribution in [1.29, 1.82) is 5.26 Å². The van der Waals surface area contributed by atoms with Crippen molar-refractivity contribution in [3.63, 3.8) is 0 Å². The molecule has 1 heterocycles. The number of carbonyl (C=O) groups excluding carboxylic acids is 1. The molecule has 1 saturated carbocycles. The van der Waals surface area contributed by atoms with Crippen LogP contribution in [0.3, 0.4) is 0 Å². The molecule has 1 aliphatic carbocycles. The highest BCUT2D eigenvalue weighted by Crippen LogP contribution is 2.41. The Kier molecular flexibility index (Phi) is 3.97. The summed E-state index contributed by atoms with van der Waals surface area (Å²) in [5.74, 6) is 0.0197. The Morgan fingerprint density at radius 3 is 2.77 bits per heavy atom. The quantitative estimate of drug-likeness (QED) is 0.674. The summed E-state index contributed by atoms with van der Waals surface area (Å²) in [5.41, 5.74) is 1.38. The van der Waals surface area contributed by atoms with Gasteiger partial charge in [0.2, 0.25) is 0 Å². The van der Waals surface area contributed by atoms with Crippen molar-refractivity contribution in [2.24, 2.45) is 5.92 Å². The van der Waals surface area contributed by atoms with Crippen LogP contribution in [0.15, 0.2) is 46.7 Å². The van der Waals surface area contributed by atoms with Gasteiger partial charge in [-0.05, 0) is 30.4 Å². The van der Waals surface area contributed by atoms with Crippen molar-refractivity contribution in [1.82, 2.24) is 15.7 Å². The molecule has 1 atom stereocenters. The van der Waals surface area contributed by atoms with Crippen LogP contribution < -0.4 is 5.32 Å². The largest absolute Gasteiger partial charge is 0.345 e. The fourth-order valence-corrected chi connectivity index (χ4v) is 2.31. The zero-order valence-corrected chi connectivity index (χ0v) is 11.8. The van der Waals surface area contributed by atoms with E-state index >= 15 is 0 Å². The first kappa shape index (κ1) is 14.0. The Balaban J connectivity index is 1.78. The number of hydrogen-bond donors (Lipinski definition) is 1. The second kappa shape index (κ2) is 6.22. The first-order valence-corrected chi connectivity index (χ1v) is 7.02. The van der Waals surface area contributed by atoms with Gasteiger partial charge in [0.1, 0.15) is 17.3 Å². The molecule has 22 heavy (non-hydrogen) atoms. The number of nitriles is 1. The molecular formula is C16H14N4O2. The molecule has 0 aliphatic heterocycles. The van der Waals surface area contributed by atoms with Gasteiger partial charge in [0.05, 0.1) is 6.04 Å². The van der Waals surface area contributed by atoms with Gasteiger partial charge in [0, 0.05) is 5.27 Å². The monoisotopic (exact) mass is 294 g/mol. The summed E-state index contributed by atoms with van der Waals surface area (Å²) in [7, 11) is 0. The van der Waals surface area contributed by atoms with Crippen LogP contribution >= 0.6 is 0 Å². The van der Waals surface area contributed by atoms with Crippen molar-refractivity contribution in [2.45, 2.75) is 18.9 Å². The molecule has 0 radical (unpaired) electrons. The average Bonchev–Trinajstić information content (AvgIpc) is 3.27. The van der Waals surface area contributed by atoms with E-state index in [0.717, 1.165) is 18.4 Å². The fourth-order valence-electron chi connectivity index (χ4n) is 2.31. The van der Waals surface area contributed by atoms with Crippen molar-refractivity contribution >= 4 is 12.0 Å². The smallest absolute Gasteiger partial charge is 0.262 e. The molecule has 2 aromatic rings. The maximum atomic E-state index is 12.3. The van der Waals surface area contributed by atoms with Gasteiger partial charge in [-0.15, -0.1) is 5.10 Å². The van der Waals surface area contributed by atoms with E-state index in [0.29, 0.717) is 11.6 Å². The van der Waals surface area contributed by atoms with E-state index in [2.05, 4.69) is 20.2 Å². The Morgan fingerprint density at radius 1 is 1.41 bits per heavy atom. The van der Waals surface area contributed by atoms with Crippen LogP contribution in [0, 0.1) is 17.2 Å². The lowest BCUT2D eigenvalue weighted by molar-refractivity contribution is -0.117. The zero-order valence-electron chi connectivity index (χ0n) is 11.8. The second-order valence-electron chi connectivity index (χ2n) is 5.20. The third-order valence-corrected chi connectivity index (χ3v) is 3.57. The number of nitrogens with one attached hydrogen (secondary N) is 1. The summed E-state index contributed by atoms with van der Waals surface area (Å²) in [5, 5.41) is 19.1. The first-order chi connectivity index (χ1) is 10.8. The predicted octanol–water partition coefficient (Wildman–Crippen LogP) is 2.24. The van der Waals surface area contributed by atoms with Crippen molar-refractivity contribution in [3.05, 3.63) is 53.4 Å². The topological polar surface area (TPSA) is 91.8 Å². The summed E-state index contributed by atoms with van der Waals surface area (Å²) in [6, 6.07) is 11.6. The van der Waals surface area contributed by atoms with Gasteiger partial charge in [0.15, 0.2) is 6.26 Å². The van der Waals surface area contributed by atoms with Gasteiger partial charge < -0.3 is 9.84 Å². The standard InChI is InChI=1S/C16H14N4O2/c17-9-13(8-14-10-22-20-19-14)16(21)18-15(12-6-7-12)11-4-2-1-3-5-11/h1-5,8,10,12,15H,6-7H2,(H,18,21)/b13-8+. The summed E-state index contributed by atoms with van der Waals surface area (Å²) < 4.78 is 4.59. The maximum absolute atomic E-state index is 12.3. The first-order valence-electron chi connectivity index (χ1n) is 7.02. The van der Waals surface area contributed by atoms with E-state index in [9.17, 15) is 10.1 Å². The van der Waals surface area contributed by atoms with Crippen LogP contribution in [0.4, 0.5) is 0 Å². The van der Waals surface area contributed by atoms with Gasteiger partial charge >= 0.3 is 0 Å². The number of rotatable bonds is 5. The van der Waals surface area contributed by atoms with Crippen LogP contribution in [-0.4, -0.2) is 16.3 Å². The third kappa shape index (κ3) is 3.20. The van der Waals surface area contributed by atoms with Gasteiger partial charge in [-0.1, -0.05) is 30.3 Å². The second-order valence-corrected chi connectivity index (χ2v) is 5.20. The molecule has 1 N–H and O–H groups in total. The van der Waals surface area contributed by atoms with Crippen molar-refractivity contribution < 1.29 is 9.32 Å². The van der Waals surface area contributed by atoms with Crippen molar-refractivity contribution in [3.8, 4) is 6.07 Å². The minimum Gasteiger partial charge on any atom is -0.345 e.